The van der Waals surface area contributed by atoms with Crippen LogP contribution in [0.25, 0.3) is 0 Å². The summed E-state index contributed by atoms with van der Waals surface area (Å²) < 4.78 is 40.1. The quantitative estimate of drug-likeness (QED) is 0.765. The zero-order valence-corrected chi connectivity index (χ0v) is 7.25. The molecular weight excluding hydrogens is 201 g/mol. The van der Waals surface area contributed by atoms with Crippen molar-refractivity contribution < 1.29 is 22.7 Å². The number of nitrogens with zero attached hydrogens (tertiary/aromatic N) is 1. The van der Waals surface area contributed by atoms with Gasteiger partial charge in [0.25, 0.3) is 0 Å². The second-order valence-corrected chi connectivity index (χ2v) is 2.88. The molecule has 0 aliphatic rings. The maximum atomic E-state index is 12.0. The molecule has 1 aromatic rings. The minimum absolute atomic E-state index is 0.215. The highest BCUT2D eigenvalue weighted by Gasteiger charge is 2.37. The molecule has 80 valence electrons. The number of aliphatic hydroxyl groups is 1. The van der Waals surface area contributed by atoms with Crippen molar-refractivity contribution in [2.24, 2.45) is 5.73 Å². The Morgan fingerprint density at radius 3 is 2.50 bits per heavy atom. The maximum Gasteiger partial charge on any atom is 0.468 e. The summed E-state index contributed by atoms with van der Waals surface area (Å²) in [5.74, 6) is -1.38. The Morgan fingerprint density at radius 2 is 2.14 bits per heavy atom. The second kappa shape index (κ2) is 3.58. The topological polar surface area (TPSA) is 72.3 Å². The number of halogens is 3. The Balaban J connectivity index is 2.89. The predicted molar refractivity (Wildman–Crippen MR) is 40.1 cm³/mol. The largest absolute Gasteiger partial charge is 0.468 e. The number of hydrogen-bond acceptors (Lipinski definition) is 4. The molecule has 1 heterocycles. The Hall–Kier alpha value is -1.08. The van der Waals surface area contributed by atoms with Gasteiger partial charge in [-0.15, -0.1) is 0 Å². The molecule has 0 radical (unpaired) electrons. The van der Waals surface area contributed by atoms with Crippen LogP contribution in [0.5, 0.6) is 0 Å². The third-order valence-corrected chi connectivity index (χ3v) is 1.57. The number of alkyl halides is 3. The van der Waals surface area contributed by atoms with Gasteiger partial charge in [0.15, 0.2) is 0 Å². The molecule has 14 heavy (non-hydrogen) atoms. The molecule has 4 nitrogen and oxygen atoms in total. The van der Waals surface area contributed by atoms with Crippen LogP contribution in [0.2, 0.25) is 0 Å². The van der Waals surface area contributed by atoms with Gasteiger partial charge in [0.2, 0.25) is 0 Å². The van der Waals surface area contributed by atoms with E-state index in [4.69, 9.17) is 5.73 Å². The number of nitrogens with two attached hydrogens (primary N) is 1. The molecule has 0 aliphatic heterocycles. The Bertz CT molecular complexity index is 308. The summed E-state index contributed by atoms with van der Waals surface area (Å²) in [6.07, 6.45) is -5.15. The van der Waals surface area contributed by atoms with Gasteiger partial charge in [-0.25, -0.2) is 4.98 Å². The van der Waals surface area contributed by atoms with Crippen molar-refractivity contribution >= 4 is 0 Å². The minimum atomic E-state index is -4.64. The molecule has 0 saturated heterocycles. The standard InChI is InChI=1S/C7H9F3N2O2/c1-3(11)5(13)4-2-14-6(12-4)7(8,9)10/h2-3,5,13H,11H2,1H3. The summed E-state index contributed by atoms with van der Waals surface area (Å²) in [6, 6.07) is -0.707. The highest BCUT2D eigenvalue weighted by molar-refractivity contribution is 5.04. The zero-order chi connectivity index (χ0) is 10.9. The van der Waals surface area contributed by atoms with Crippen LogP contribution in [0.15, 0.2) is 10.7 Å². The summed E-state index contributed by atoms with van der Waals surface area (Å²) in [6.45, 7) is 1.45. The van der Waals surface area contributed by atoms with Gasteiger partial charge in [-0.3, -0.25) is 0 Å². The Kier molecular flexibility index (Phi) is 2.81. The number of aromatic nitrogens is 1. The molecule has 2 unspecified atom stereocenters. The average Bonchev–Trinajstić information content (AvgIpc) is 2.49. The van der Waals surface area contributed by atoms with E-state index in [9.17, 15) is 18.3 Å². The molecule has 7 heteroatoms. The van der Waals surface area contributed by atoms with Gasteiger partial charge in [-0.1, -0.05) is 0 Å². The summed E-state index contributed by atoms with van der Waals surface area (Å²) in [4.78, 5) is 3.08. The third-order valence-electron chi connectivity index (χ3n) is 1.57. The smallest absolute Gasteiger partial charge is 0.441 e. The molecule has 0 aromatic carbocycles. The average molecular weight is 210 g/mol. The Labute approximate surface area is 77.5 Å². The van der Waals surface area contributed by atoms with E-state index in [1.54, 1.807) is 0 Å². The summed E-state index contributed by atoms with van der Waals surface area (Å²) in [5.41, 5.74) is 5.06. The van der Waals surface area contributed by atoms with E-state index in [0.717, 1.165) is 6.26 Å². The van der Waals surface area contributed by atoms with Crippen molar-refractivity contribution in [3.05, 3.63) is 17.8 Å². The van der Waals surface area contributed by atoms with Crippen LogP contribution < -0.4 is 5.73 Å². The maximum absolute atomic E-state index is 12.0. The first-order valence-electron chi connectivity index (χ1n) is 3.78. The van der Waals surface area contributed by atoms with E-state index in [-0.39, 0.29) is 5.69 Å². The highest BCUT2D eigenvalue weighted by atomic mass is 19.4. The molecule has 0 amide bonds. The molecule has 0 bridgehead atoms. The lowest BCUT2D eigenvalue weighted by Gasteiger charge is -2.10. The van der Waals surface area contributed by atoms with Gasteiger partial charge in [0, 0.05) is 6.04 Å². The van der Waals surface area contributed by atoms with Crippen molar-refractivity contribution in [3.63, 3.8) is 0 Å². The molecule has 0 fully saturated rings. The second-order valence-electron chi connectivity index (χ2n) is 2.88. The van der Waals surface area contributed by atoms with Gasteiger partial charge >= 0.3 is 12.1 Å². The molecule has 0 spiro atoms. The lowest BCUT2D eigenvalue weighted by atomic mass is 10.1. The first-order valence-corrected chi connectivity index (χ1v) is 3.78. The van der Waals surface area contributed by atoms with Crippen LogP contribution in [-0.4, -0.2) is 16.1 Å². The third kappa shape index (κ3) is 2.24. The fourth-order valence-corrected chi connectivity index (χ4v) is 0.822. The lowest BCUT2D eigenvalue weighted by molar-refractivity contribution is -0.157. The van der Waals surface area contributed by atoms with E-state index in [2.05, 4.69) is 9.40 Å². The van der Waals surface area contributed by atoms with Crippen molar-refractivity contribution in [2.75, 3.05) is 0 Å². The van der Waals surface area contributed by atoms with E-state index >= 15 is 0 Å². The SMILES string of the molecule is CC(N)C(O)c1coc(C(F)(F)F)n1. The molecule has 0 aliphatic carbocycles. The molecular formula is C7H9F3N2O2. The number of oxazole rings is 1. The van der Waals surface area contributed by atoms with Gasteiger partial charge in [0.1, 0.15) is 18.1 Å². The van der Waals surface area contributed by atoms with E-state index in [1.165, 1.54) is 6.92 Å². The number of hydrogen-bond donors (Lipinski definition) is 2. The fraction of sp³-hybridized carbons (Fsp3) is 0.571. The minimum Gasteiger partial charge on any atom is -0.441 e. The molecule has 1 aromatic heterocycles. The van der Waals surface area contributed by atoms with Crippen LogP contribution in [0.4, 0.5) is 13.2 Å². The van der Waals surface area contributed by atoms with Gasteiger partial charge in [-0.2, -0.15) is 13.2 Å². The van der Waals surface area contributed by atoms with Gasteiger partial charge in [-0.05, 0) is 6.92 Å². The van der Waals surface area contributed by atoms with Gasteiger partial charge < -0.3 is 15.3 Å². The lowest BCUT2D eigenvalue weighted by Crippen LogP contribution is -2.24. The number of aliphatic hydroxyl groups excluding tert-OH is 1. The van der Waals surface area contributed by atoms with Crippen LogP contribution >= 0.6 is 0 Å². The first kappa shape index (κ1) is 11.0. The normalized spacial score (nSPS) is 16.7. The predicted octanol–water partition coefficient (Wildman–Crippen LogP) is 1.07. The van der Waals surface area contributed by atoms with Crippen LogP contribution in [-0.2, 0) is 6.18 Å². The molecule has 0 saturated carbocycles. The van der Waals surface area contributed by atoms with Gasteiger partial charge in [0.05, 0.1) is 0 Å². The molecule has 3 N–H and O–H groups in total. The zero-order valence-electron chi connectivity index (χ0n) is 7.25. The van der Waals surface area contributed by atoms with Crippen LogP contribution in [0.1, 0.15) is 24.6 Å². The van der Waals surface area contributed by atoms with Crippen molar-refractivity contribution in [3.8, 4) is 0 Å². The van der Waals surface area contributed by atoms with E-state index in [0.29, 0.717) is 0 Å². The van der Waals surface area contributed by atoms with Crippen molar-refractivity contribution in [2.45, 2.75) is 25.2 Å². The Morgan fingerprint density at radius 1 is 1.57 bits per heavy atom. The van der Waals surface area contributed by atoms with Crippen LogP contribution in [0, 0.1) is 0 Å². The number of rotatable bonds is 2. The molecule has 1 rings (SSSR count). The first-order chi connectivity index (χ1) is 6.32. The highest BCUT2D eigenvalue weighted by Crippen LogP contribution is 2.29. The summed E-state index contributed by atoms with van der Waals surface area (Å²) in [7, 11) is 0. The molecule has 2 atom stereocenters. The van der Waals surface area contributed by atoms with Crippen LogP contribution in [0.3, 0.4) is 0 Å². The summed E-state index contributed by atoms with van der Waals surface area (Å²) in [5, 5.41) is 9.26. The summed E-state index contributed by atoms with van der Waals surface area (Å²) >= 11 is 0. The van der Waals surface area contributed by atoms with Crippen molar-refractivity contribution in [1.82, 2.24) is 4.98 Å². The monoisotopic (exact) mass is 210 g/mol. The fourth-order valence-electron chi connectivity index (χ4n) is 0.822. The van der Waals surface area contributed by atoms with Crippen molar-refractivity contribution in [1.29, 1.82) is 0 Å². The van der Waals surface area contributed by atoms with E-state index in [1.807, 2.05) is 0 Å². The van der Waals surface area contributed by atoms with E-state index < -0.39 is 24.2 Å².